The second-order valence-electron chi connectivity index (χ2n) is 5.52. The largest absolute Gasteiger partial charge is 0.360 e. The molecule has 0 fully saturated rings. The third-order valence-electron chi connectivity index (χ3n) is 3.16. The van der Waals surface area contributed by atoms with Gasteiger partial charge in [0.05, 0.1) is 6.26 Å². The monoisotopic (exact) mass is 368 g/mol. The highest BCUT2D eigenvalue weighted by Gasteiger charge is 2.24. The Labute approximate surface area is 137 Å². The van der Waals surface area contributed by atoms with E-state index in [-0.39, 0.29) is 29.4 Å². The van der Waals surface area contributed by atoms with E-state index in [0.29, 0.717) is 13.1 Å². The van der Waals surface area contributed by atoms with Gasteiger partial charge in [-0.15, -0.1) is 0 Å². The van der Waals surface area contributed by atoms with Crippen LogP contribution in [0.1, 0.15) is 11.5 Å². The number of likely N-dealkylation sites (N-methyl/N-ethyl adjacent to an activating group) is 1. The molecule has 1 aromatic heterocycles. The van der Waals surface area contributed by atoms with Crippen LogP contribution >= 0.6 is 0 Å². The van der Waals surface area contributed by atoms with E-state index >= 15 is 0 Å². The van der Waals surface area contributed by atoms with Gasteiger partial charge in [-0.2, -0.15) is 4.31 Å². The fourth-order valence-corrected chi connectivity index (χ4v) is 4.17. The molecule has 0 atom stereocenters. The molecule has 23 heavy (non-hydrogen) atoms. The molecular formula is C12H24N4O5S2. The van der Waals surface area contributed by atoms with E-state index in [4.69, 9.17) is 4.52 Å². The summed E-state index contributed by atoms with van der Waals surface area (Å²) in [5.41, 5.74) is 0.266. The number of hydrogen-bond acceptors (Lipinski definition) is 7. The number of rotatable bonds is 9. The minimum Gasteiger partial charge on any atom is -0.360 e. The van der Waals surface area contributed by atoms with Crippen molar-refractivity contribution in [3.8, 4) is 0 Å². The fraction of sp³-hybridized carbons (Fsp3) is 0.750. The Morgan fingerprint density at radius 3 is 2.13 bits per heavy atom. The van der Waals surface area contributed by atoms with Crippen LogP contribution < -0.4 is 4.72 Å². The van der Waals surface area contributed by atoms with Crippen molar-refractivity contribution in [3.05, 3.63) is 11.5 Å². The SMILES string of the molecule is Cc1noc(C)c1S(=O)(=O)NCCN(CCN(C)C)S(C)(=O)=O. The molecule has 0 amide bonds. The van der Waals surface area contributed by atoms with Crippen molar-refractivity contribution in [2.24, 2.45) is 0 Å². The molecule has 0 saturated carbocycles. The second-order valence-corrected chi connectivity index (χ2v) is 9.20. The minimum absolute atomic E-state index is 0.00306. The van der Waals surface area contributed by atoms with E-state index in [2.05, 4.69) is 9.88 Å². The molecule has 9 nitrogen and oxygen atoms in total. The van der Waals surface area contributed by atoms with Gasteiger partial charge in [0, 0.05) is 26.2 Å². The lowest BCUT2D eigenvalue weighted by Crippen LogP contribution is -2.41. The predicted octanol–water partition coefficient (Wildman–Crippen LogP) is -0.607. The van der Waals surface area contributed by atoms with Gasteiger partial charge in [-0.3, -0.25) is 0 Å². The lowest BCUT2D eigenvalue weighted by Gasteiger charge is -2.22. The van der Waals surface area contributed by atoms with Crippen molar-refractivity contribution in [1.29, 1.82) is 0 Å². The molecule has 0 spiro atoms. The standard InChI is InChI=1S/C12H24N4O5S2/c1-10-12(11(2)21-14-10)23(19,20)13-6-7-16(22(5,17)18)9-8-15(3)4/h13H,6-9H2,1-5H3. The zero-order valence-corrected chi connectivity index (χ0v) is 15.7. The molecule has 0 unspecified atom stereocenters. The number of nitrogens with zero attached hydrogens (tertiary/aromatic N) is 3. The van der Waals surface area contributed by atoms with Crippen LogP contribution in [0.3, 0.4) is 0 Å². The van der Waals surface area contributed by atoms with Gasteiger partial charge in [0.15, 0.2) is 5.76 Å². The molecule has 11 heteroatoms. The first-order valence-electron chi connectivity index (χ1n) is 6.97. The Morgan fingerprint density at radius 2 is 1.70 bits per heavy atom. The van der Waals surface area contributed by atoms with Gasteiger partial charge in [-0.1, -0.05) is 5.16 Å². The zero-order valence-electron chi connectivity index (χ0n) is 14.0. The highest BCUT2D eigenvalue weighted by atomic mass is 32.2. The Hall–Kier alpha value is -1.01. The van der Waals surface area contributed by atoms with Crippen LogP contribution in [0.15, 0.2) is 9.42 Å². The van der Waals surface area contributed by atoms with Crippen LogP contribution in [-0.4, -0.2) is 77.7 Å². The van der Waals surface area contributed by atoms with Crippen LogP contribution in [0.5, 0.6) is 0 Å². The summed E-state index contributed by atoms with van der Waals surface area (Å²) in [6.45, 7) is 3.89. The lowest BCUT2D eigenvalue weighted by molar-refractivity contribution is 0.336. The molecule has 0 aliphatic heterocycles. The van der Waals surface area contributed by atoms with Crippen molar-refractivity contribution in [1.82, 2.24) is 19.1 Å². The number of aromatic nitrogens is 1. The molecule has 0 aliphatic rings. The smallest absolute Gasteiger partial charge is 0.246 e. The molecule has 0 bridgehead atoms. The van der Waals surface area contributed by atoms with Gasteiger partial charge in [0.25, 0.3) is 0 Å². The van der Waals surface area contributed by atoms with Crippen LogP contribution in [-0.2, 0) is 20.0 Å². The minimum atomic E-state index is -3.79. The van der Waals surface area contributed by atoms with Crippen LogP contribution in [0.2, 0.25) is 0 Å². The summed E-state index contributed by atoms with van der Waals surface area (Å²) in [6, 6.07) is 0. The third-order valence-corrected chi connectivity index (χ3v) is 6.16. The zero-order chi connectivity index (χ0) is 17.8. The van der Waals surface area contributed by atoms with Crippen LogP contribution in [0.4, 0.5) is 0 Å². The molecule has 1 heterocycles. The predicted molar refractivity (Wildman–Crippen MR) is 86.1 cm³/mol. The Bertz CT molecular complexity index is 705. The van der Waals surface area contributed by atoms with E-state index < -0.39 is 20.0 Å². The maximum Gasteiger partial charge on any atom is 0.246 e. The topological polar surface area (TPSA) is 113 Å². The number of nitrogens with one attached hydrogen (secondary N) is 1. The van der Waals surface area contributed by atoms with Gasteiger partial charge in [0.1, 0.15) is 10.6 Å². The average molecular weight is 368 g/mol. The number of aryl methyl sites for hydroxylation is 2. The summed E-state index contributed by atoms with van der Waals surface area (Å²) < 4.78 is 56.4. The first kappa shape index (κ1) is 20.0. The highest BCUT2D eigenvalue weighted by molar-refractivity contribution is 7.89. The molecule has 0 saturated heterocycles. The van der Waals surface area contributed by atoms with E-state index in [0.717, 1.165) is 6.26 Å². The van der Waals surface area contributed by atoms with Gasteiger partial charge in [-0.25, -0.2) is 21.6 Å². The summed E-state index contributed by atoms with van der Waals surface area (Å²) in [5, 5.41) is 3.61. The maximum absolute atomic E-state index is 12.2. The Morgan fingerprint density at radius 1 is 1.09 bits per heavy atom. The summed E-state index contributed by atoms with van der Waals surface area (Å²) >= 11 is 0. The molecular weight excluding hydrogens is 344 g/mol. The van der Waals surface area contributed by atoms with E-state index in [9.17, 15) is 16.8 Å². The summed E-state index contributed by atoms with van der Waals surface area (Å²) in [6.07, 6.45) is 1.10. The van der Waals surface area contributed by atoms with Gasteiger partial charge >= 0.3 is 0 Å². The van der Waals surface area contributed by atoms with E-state index in [1.807, 2.05) is 19.0 Å². The van der Waals surface area contributed by atoms with Gasteiger partial charge < -0.3 is 9.42 Å². The molecule has 1 aromatic rings. The normalized spacial score (nSPS) is 13.2. The molecule has 134 valence electrons. The number of hydrogen-bond donors (Lipinski definition) is 1. The summed E-state index contributed by atoms with van der Waals surface area (Å²) in [7, 11) is -3.53. The van der Waals surface area contributed by atoms with Gasteiger partial charge in [0.2, 0.25) is 20.0 Å². The fourth-order valence-electron chi connectivity index (χ4n) is 1.99. The lowest BCUT2D eigenvalue weighted by atomic mass is 10.4. The van der Waals surface area contributed by atoms with Crippen LogP contribution in [0.25, 0.3) is 0 Å². The second kappa shape index (κ2) is 7.71. The van der Waals surface area contributed by atoms with Crippen LogP contribution in [0, 0.1) is 13.8 Å². The third kappa shape index (κ3) is 5.84. The average Bonchev–Trinajstić information content (AvgIpc) is 2.71. The molecule has 0 radical (unpaired) electrons. The van der Waals surface area contributed by atoms with E-state index in [1.54, 1.807) is 0 Å². The van der Waals surface area contributed by atoms with Crippen molar-refractivity contribution in [3.63, 3.8) is 0 Å². The summed E-state index contributed by atoms with van der Waals surface area (Å²) in [4.78, 5) is 1.85. The molecule has 1 N–H and O–H groups in total. The maximum atomic E-state index is 12.2. The van der Waals surface area contributed by atoms with Crippen molar-refractivity contribution in [2.75, 3.05) is 46.5 Å². The first-order valence-corrected chi connectivity index (χ1v) is 10.3. The first-order chi connectivity index (χ1) is 10.4. The van der Waals surface area contributed by atoms with E-state index in [1.165, 1.54) is 18.2 Å². The number of sulfonamides is 2. The highest BCUT2D eigenvalue weighted by Crippen LogP contribution is 2.18. The van der Waals surface area contributed by atoms with Crippen molar-refractivity contribution >= 4 is 20.0 Å². The molecule has 0 aliphatic carbocycles. The van der Waals surface area contributed by atoms with Gasteiger partial charge in [-0.05, 0) is 27.9 Å². The summed E-state index contributed by atoms with van der Waals surface area (Å²) in [5.74, 6) is 0.197. The Kier molecular flexibility index (Phi) is 6.71. The molecule has 0 aromatic carbocycles. The quantitative estimate of drug-likeness (QED) is 0.619. The van der Waals surface area contributed by atoms with Crippen molar-refractivity contribution < 1.29 is 21.4 Å². The molecule has 1 rings (SSSR count). The van der Waals surface area contributed by atoms with Crippen molar-refractivity contribution in [2.45, 2.75) is 18.7 Å². The Balaban J connectivity index is 2.73.